The number of thiophene rings is 2. The number of hydrogen-bond acceptors (Lipinski definition) is 2. The van der Waals surface area contributed by atoms with Gasteiger partial charge in [0.1, 0.15) is 0 Å². The van der Waals surface area contributed by atoms with E-state index in [4.69, 9.17) is 0 Å². The fraction of sp³-hybridized carbons (Fsp3) is 0.238. The second-order valence-corrected chi connectivity index (χ2v) is 9.48. The molecule has 0 fully saturated rings. The van der Waals surface area contributed by atoms with E-state index in [1.165, 1.54) is 46.3 Å². The minimum atomic E-state index is 0.142. The number of fused-ring (bicyclic) bond motifs is 5. The lowest BCUT2D eigenvalue weighted by molar-refractivity contribution is 0.561. The molecule has 2 aliphatic carbocycles. The molecule has 0 spiro atoms. The lowest BCUT2D eigenvalue weighted by Crippen LogP contribution is -2.33. The molecule has 0 amide bonds. The van der Waals surface area contributed by atoms with Gasteiger partial charge < -0.3 is 0 Å². The van der Waals surface area contributed by atoms with Crippen LogP contribution in [0.2, 0.25) is 0 Å². The van der Waals surface area contributed by atoms with E-state index in [2.05, 4.69) is 63.3 Å². The number of aryl methyl sites for hydroxylation is 2. The van der Waals surface area contributed by atoms with E-state index < -0.39 is 0 Å². The van der Waals surface area contributed by atoms with Crippen molar-refractivity contribution in [2.45, 2.75) is 27.2 Å². The number of allylic oxidation sites excluding steroid dienone is 1. The first-order valence-electron chi connectivity index (χ1n) is 8.07. The molecule has 1 atom stereocenters. The Balaban J connectivity index is 1.83. The second-order valence-electron chi connectivity index (χ2n) is 7.11. The molecule has 1 aromatic carbocycles. The van der Waals surface area contributed by atoms with E-state index in [1.807, 2.05) is 22.7 Å². The fourth-order valence-corrected chi connectivity index (χ4v) is 6.30. The van der Waals surface area contributed by atoms with Crippen LogP contribution in [0.25, 0.3) is 28.3 Å². The van der Waals surface area contributed by atoms with Gasteiger partial charge in [0.05, 0.1) is 0 Å². The van der Waals surface area contributed by atoms with Crippen LogP contribution < -0.4 is 9.75 Å². The predicted octanol–water partition coefficient (Wildman–Crippen LogP) is 4.80. The SMILES string of the molecule is Cc1ccc2c3c(sc2c1)=CC1(C)Cc2cc(C)sc2C=C1C=3. The van der Waals surface area contributed by atoms with E-state index in [-0.39, 0.29) is 5.41 Å². The minimum Gasteiger partial charge on any atom is -0.141 e. The molecule has 0 nitrogen and oxygen atoms in total. The molecule has 1 unspecified atom stereocenters. The zero-order valence-corrected chi connectivity index (χ0v) is 15.2. The molecule has 0 aliphatic heterocycles. The maximum absolute atomic E-state index is 2.52. The molecule has 0 saturated carbocycles. The third kappa shape index (κ3) is 1.95. The van der Waals surface area contributed by atoms with Crippen LogP contribution in [-0.4, -0.2) is 0 Å². The van der Waals surface area contributed by atoms with E-state index in [0.717, 1.165) is 6.42 Å². The molecular weight excluding hydrogens is 316 g/mol. The van der Waals surface area contributed by atoms with E-state index >= 15 is 0 Å². The summed E-state index contributed by atoms with van der Waals surface area (Å²) in [6, 6.07) is 9.21. The van der Waals surface area contributed by atoms with Crippen LogP contribution in [0.5, 0.6) is 0 Å². The molecule has 23 heavy (non-hydrogen) atoms. The van der Waals surface area contributed by atoms with E-state index in [9.17, 15) is 0 Å². The summed E-state index contributed by atoms with van der Waals surface area (Å²) >= 11 is 3.87. The highest BCUT2D eigenvalue weighted by molar-refractivity contribution is 7.17. The number of hydrogen-bond donors (Lipinski definition) is 0. The largest absolute Gasteiger partial charge is 0.141 e. The highest BCUT2D eigenvalue weighted by atomic mass is 32.1. The molecule has 2 heteroatoms. The van der Waals surface area contributed by atoms with Gasteiger partial charge in [0.25, 0.3) is 0 Å². The van der Waals surface area contributed by atoms with Gasteiger partial charge in [-0.2, -0.15) is 0 Å². The van der Waals surface area contributed by atoms with Crippen molar-refractivity contribution in [3.05, 3.63) is 60.5 Å². The summed E-state index contributed by atoms with van der Waals surface area (Å²) in [6.07, 6.45) is 8.51. The molecule has 5 rings (SSSR count). The van der Waals surface area contributed by atoms with Gasteiger partial charge in [-0.3, -0.25) is 0 Å². The molecule has 0 N–H and O–H groups in total. The molecule has 2 heterocycles. The maximum Gasteiger partial charge on any atom is 0.0357 e. The van der Waals surface area contributed by atoms with Crippen molar-refractivity contribution in [1.82, 2.24) is 0 Å². The standard InChI is InChI=1S/C21H18S2/c1-12-4-5-16-17-8-15-9-18-14(7-13(2)22-18)10-21(15,3)11-20(17)23-19(16)6-12/h4-9,11H,10H2,1-3H3. The Morgan fingerprint density at radius 2 is 1.91 bits per heavy atom. The van der Waals surface area contributed by atoms with Crippen LogP contribution in [0.3, 0.4) is 0 Å². The Bertz CT molecular complexity index is 1120. The Labute approximate surface area is 144 Å². The summed E-state index contributed by atoms with van der Waals surface area (Å²) in [4.78, 5) is 2.88. The molecule has 0 radical (unpaired) electrons. The van der Waals surface area contributed by atoms with Gasteiger partial charge in [-0.15, -0.1) is 22.7 Å². The Morgan fingerprint density at radius 1 is 1.04 bits per heavy atom. The zero-order valence-electron chi connectivity index (χ0n) is 13.6. The predicted molar refractivity (Wildman–Crippen MR) is 104 cm³/mol. The Kier molecular flexibility index (Phi) is 2.67. The Morgan fingerprint density at radius 3 is 2.78 bits per heavy atom. The molecule has 114 valence electrons. The normalized spacial score (nSPS) is 21.8. The summed E-state index contributed by atoms with van der Waals surface area (Å²) in [5, 5.41) is 2.83. The Hall–Kier alpha value is -1.64. The van der Waals surface area contributed by atoms with Crippen molar-refractivity contribution >= 4 is 51.0 Å². The molecule has 3 aromatic rings. The average Bonchev–Trinajstić information content (AvgIpc) is 2.99. The topological polar surface area (TPSA) is 0 Å². The van der Waals surface area contributed by atoms with Crippen molar-refractivity contribution in [3.8, 4) is 0 Å². The highest BCUT2D eigenvalue weighted by Gasteiger charge is 2.33. The summed E-state index contributed by atoms with van der Waals surface area (Å²) < 4.78 is 2.86. The average molecular weight is 335 g/mol. The van der Waals surface area contributed by atoms with Crippen LogP contribution in [0, 0.1) is 19.3 Å². The van der Waals surface area contributed by atoms with Crippen molar-refractivity contribution in [3.63, 3.8) is 0 Å². The van der Waals surface area contributed by atoms with Crippen LogP contribution in [-0.2, 0) is 6.42 Å². The maximum atomic E-state index is 2.52. The zero-order chi connectivity index (χ0) is 15.8. The quantitative estimate of drug-likeness (QED) is 0.554. The van der Waals surface area contributed by atoms with Gasteiger partial charge in [-0.1, -0.05) is 25.1 Å². The van der Waals surface area contributed by atoms with Gasteiger partial charge >= 0.3 is 0 Å². The summed E-state index contributed by atoms with van der Waals surface area (Å²) in [5.41, 5.74) is 4.48. The van der Waals surface area contributed by atoms with Crippen LogP contribution in [0.15, 0.2) is 29.8 Å². The highest BCUT2D eigenvalue weighted by Crippen LogP contribution is 2.44. The van der Waals surface area contributed by atoms with Gasteiger partial charge in [0.15, 0.2) is 0 Å². The van der Waals surface area contributed by atoms with Gasteiger partial charge in [0, 0.05) is 35.0 Å². The van der Waals surface area contributed by atoms with Gasteiger partial charge in [0.2, 0.25) is 0 Å². The van der Waals surface area contributed by atoms with Crippen LogP contribution in [0.4, 0.5) is 0 Å². The van der Waals surface area contributed by atoms with Crippen molar-refractivity contribution in [2.75, 3.05) is 0 Å². The first-order chi connectivity index (χ1) is 11.0. The summed E-state index contributed by atoms with van der Waals surface area (Å²) in [7, 11) is 0. The summed E-state index contributed by atoms with van der Waals surface area (Å²) in [5.74, 6) is 0. The molecule has 2 aromatic heterocycles. The molecule has 0 saturated heterocycles. The monoisotopic (exact) mass is 334 g/mol. The third-order valence-electron chi connectivity index (χ3n) is 5.13. The van der Waals surface area contributed by atoms with Crippen LogP contribution >= 0.6 is 22.7 Å². The number of rotatable bonds is 0. The van der Waals surface area contributed by atoms with Crippen molar-refractivity contribution in [1.29, 1.82) is 0 Å². The molecular formula is C21H18S2. The lowest BCUT2D eigenvalue weighted by Gasteiger charge is -2.32. The van der Waals surface area contributed by atoms with Gasteiger partial charge in [-0.05, 0) is 61.3 Å². The van der Waals surface area contributed by atoms with Gasteiger partial charge in [-0.25, -0.2) is 0 Å². The molecule has 0 bridgehead atoms. The fourth-order valence-electron chi connectivity index (χ4n) is 3.93. The minimum absolute atomic E-state index is 0.142. The second kappa shape index (κ2) is 4.46. The van der Waals surface area contributed by atoms with E-state index in [0.29, 0.717) is 0 Å². The smallest absolute Gasteiger partial charge is 0.0357 e. The first-order valence-corrected chi connectivity index (χ1v) is 9.70. The van der Waals surface area contributed by atoms with Crippen molar-refractivity contribution in [2.24, 2.45) is 5.41 Å². The molecule has 2 aliphatic rings. The van der Waals surface area contributed by atoms with Crippen LogP contribution in [0.1, 0.15) is 27.8 Å². The first kappa shape index (κ1) is 13.8. The summed E-state index contributed by atoms with van der Waals surface area (Å²) in [6.45, 7) is 6.78. The lowest BCUT2D eigenvalue weighted by atomic mass is 9.71. The van der Waals surface area contributed by atoms with E-state index in [1.54, 1.807) is 0 Å². The number of benzene rings is 1. The third-order valence-corrected chi connectivity index (χ3v) is 7.29. The van der Waals surface area contributed by atoms with Crippen molar-refractivity contribution < 1.29 is 0 Å².